The van der Waals surface area contributed by atoms with Gasteiger partial charge in [0.15, 0.2) is 5.82 Å². The third-order valence-corrected chi connectivity index (χ3v) is 3.38. The zero-order chi connectivity index (χ0) is 15.5. The second kappa shape index (κ2) is 5.77. The minimum Gasteiger partial charge on any atom is -0.322 e. The van der Waals surface area contributed by atoms with Crippen molar-refractivity contribution in [1.29, 1.82) is 0 Å². The maximum atomic E-state index is 12.5. The molecule has 0 atom stereocenters. The molecule has 0 aliphatic rings. The Balaban J connectivity index is 1.88. The van der Waals surface area contributed by atoms with Crippen LogP contribution in [0, 0.1) is 13.8 Å². The van der Waals surface area contributed by atoms with Crippen LogP contribution in [0.15, 0.2) is 49.2 Å². The van der Waals surface area contributed by atoms with Crippen molar-refractivity contribution in [3.05, 3.63) is 65.9 Å². The SMILES string of the molecule is Cc1cccc(C)c1NC(=O)c1ccnc(-n2cncn2)c1. The molecule has 0 unspecified atom stereocenters. The van der Waals surface area contributed by atoms with Crippen LogP contribution in [0.3, 0.4) is 0 Å². The Bertz CT molecular complexity index is 791. The van der Waals surface area contributed by atoms with Crippen molar-refractivity contribution in [2.75, 3.05) is 5.32 Å². The van der Waals surface area contributed by atoms with E-state index in [4.69, 9.17) is 0 Å². The summed E-state index contributed by atoms with van der Waals surface area (Å²) >= 11 is 0. The standard InChI is InChI=1S/C16H15N5O/c1-11-4-3-5-12(2)15(11)20-16(22)13-6-7-18-14(8-13)21-10-17-9-19-21/h3-10H,1-2H3,(H,20,22). The van der Waals surface area contributed by atoms with Crippen LogP contribution in [0.2, 0.25) is 0 Å². The van der Waals surface area contributed by atoms with Crippen LogP contribution in [-0.2, 0) is 0 Å². The highest BCUT2D eigenvalue weighted by Gasteiger charge is 2.11. The quantitative estimate of drug-likeness (QED) is 0.805. The average molecular weight is 293 g/mol. The number of hydrogen-bond donors (Lipinski definition) is 1. The number of nitrogens with zero attached hydrogens (tertiary/aromatic N) is 4. The molecule has 2 aromatic heterocycles. The number of aryl methyl sites for hydroxylation is 2. The van der Waals surface area contributed by atoms with Crippen LogP contribution in [-0.4, -0.2) is 25.7 Å². The molecule has 0 aliphatic heterocycles. The molecular weight excluding hydrogens is 278 g/mol. The minimum absolute atomic E-state index is 0.179. The number of nitrogens with one attached hydrogen (secondary N) is 1. The fourth-order valence-corrected chi connectivity index (χ4v) is 2.21. The number of anilines is 1. The summed E-state index contributed by atoms with van der Waals surface area (Å²) in [5, 5.41) is 6.97. The second-order valence-electron chi connectivity index (χ2n) is 4.96. The fourth-order valence-electron chi connectivity index (χ4n) is 2.21. The molecule has 110 valence electrons. The molecule has 1 amide bonds. The molecule has 6 heteroatoms. The molecule has 0 bridgehead atoms. The van der Waals surface area contributed by atoms with E-state index in [2.05, 4.69) is 20.4 Å². The first-order valence-electron chi connectivity index (χ1n) is 6.84. The number of amides is 1. The van der Waals surface area contributed by atoms with Crippen molar-refractivity contribution in [3.63, 3.8) is 0 Å². The van der Waals surface area contributed by atoms with Crippen LogP contribution < -0.4 is 5.32 Å². The molecule has 0 saturated carbocycles. The predicted molar refractivity (Wildman–Crippen MR) is 83.0 cm³/mol. The van der Waals surface area contributed by atoms with E-state index < -0.39 is 0 Å². The molecule has 2 heterocycles. The monoisotopic (exact) mass is 293 g/mol. The predicted octanol–water partition coefficient (Wildman–Crippen LogP) is 2.53. The van der Waals surface area contributed by atoms with Gasteiger partial charge in [0.05, 0.1) is 0 Å². The van der Waals surface area contributed by atoms with Crippen molar-refractivity contribution < 1.29 is 4.79 Å². The molecule has 3 rings (SSSR count). The topological polar surface area (TPSA) is 72.7 Å². The van der Waals surface area contributed by atoms with Crippen molar-refractivity contribution in [2.45, 2.75) is 13.8 Å². The Morgan fingerprint density at radius 1 is 1.18 bits per heavy atom. The highest BCUT2D eigenvalue weighted by molar-refractivity contribution is 6.05. The summed E-state index contributed by atoms with van der Waals surface area (Å²) in [6.07, 6.45) is 4.54. The van der Waals surface area contributed by atoms with Crippen molar-refractivity contribution in [1.82, 2.24) is 19.7 Å². The van der Waals surface area contributed by atoms with E-state index in [1.54, 1.807) is 18.3 Å². The Hall–Kier alpha value is -3.02. The summed E-state index contributed by atoms with van der Waals surface area (Å²) in [4.78, 5) is 20.5. The number of aromatic nitrogens is 4. The summed E-state index contributed by atoms with van der Waals surface area (Å²) in [6, 6.07) is 9.25. The van der Waals surface area contributed by atoms with Crippen molar-refractivity contribution in [3.8, 4) is 5.82 Å². The lowest BCUT2D eigenvalue weighted by Gasteiger charge is -2.11. The van der Waals surface area contributed by atoms with Gasteiger partial charge in [-0.3, -0.25) is 4.79 Å². The Morgan fingerprint density at radius 3 is 2.64 bits per heavy atom. The van der Waals surface area contributed by atoms with E-state index in [1.165, 1.54) is 17.3 Å². The molecule has 1 aromatic carbocycles. The summed E-state index contributed by atoms with van der Waals surface area (Å²) in [5.74, 6) is 0.368. The van der Waals surface area contributed by atoms with E-state index in [0.717, 1.165) is 16.8 Å². The number of benzene rings is 1. The lowest BCUT2D eigenvalue weighted by Crippen LogP contribution is -2.14. The molecule has 0 fully saturated rings. The van der Waals surface area contributed by atoms with Gasteiger partial charge in [-0.2, -0.15) is 5.10 Å². The fraction of sp³-hybridized carbons (Fsp3) is 0.125. The molecule has 0 radical (unpaired) electrons. The first-order valence-corrected chi connectivity index (χ1v) is 6.84. The molecular formula is C16H15N5O. The summed E-state index contributed by atoms with van der Waals surface area (Å²) in [7, 11) is 0. The van der Waals surface area contributed by atoms with Crippen molar-refractivity contribution >= 4 is 11.6 Å². The largest absolute Gasteiger partial charge is 0.322 e. The summed E-state index contributed by atoms with van der Waals surface area (Å²) < 4.78 is 1.51. The Labute approximate surface area is 127 Å². The lowest BCUT2D eigenvalue weighted by atomic mass is 10.1. The molecule has 0 spiro atoms. The van der Waals surface area contributed by atoms with Crippen LogP contribution in [0.5, 0.6) is 0 Å². The molecule has 1 N–H and O–H groups in total. The van der Waals surface area contributed by atoms with E-state index in [9.17, 15) is 4.79 Å². The smallest absolute Gasteiger partial charge is 0.255 e. The van der Waals surface area contributed by atoms with Crippen LogP contribution in [0.25, 0.3) is 5.82 Å². The Morgan fingerprint density at radius 2 is 1.95 bits per heavy atom. The molecule has 22 heavy (non-hydrogen) atoms. The lowest BCUT2D eigenvalue weighted by molar-refractivity contribution is 0.102. The van der Waals surface area contributed by atoms with Crippen LogP contribution in [0.1, 0.15) is 21.5 Å². The van der Waals surface area contributed by atoms with Gasteiger partial charge in [-0.05, 0) is 37.1 Å². The van der Waals surface area contributed by atoms with Gasteiger partial charge in [-0.25, -0.2) is 14.6 Å². The summed E-state index contributed by atoms with van der Waals surface area (Å²) in [5.41, 5.74) is 3.41. The first-order chi connectivity index (χ1) is 10.6. The van der Waals surface area contributed by atoms with Gasteiger partial charge in [-0.15, -0.1) is 0 Å². The maximum absolute atomic E-state index is 12.5. The van der Waals surface area contributed by atoms with Gasteiger partial charge >= 0.3 is 0 Å². The van der Waals surface area contributed by atoms with Crippen LogP contribution >= 0.6 is 0 Å². The van der Waals surface area contributed by atoms with E-state index in [0.29, 0.717) is 11.4 Å². The number of rotatable bonds is 3. The molecule has 0 saturated heterocycles. The Kier molecular flexibility index (Phi) is 3.65. The summed E-state index contributed by atoms with van der Waals surface area (Å²) in [6.45, 7) is 3.94. The number of carbonyl (C=O) groups is 1. The third kappa shape index (κ3) is 2.71. The van der Waals surface area contributed by atoms with Gasteiger partial charge in [0.25, 0.3) is 5.91 Å². The first kappa shape index (κ1) is 13.9. The number of hydrogen-bond acceptors (Lipinski definition) is 4. The number of carbonyl (C=O) groups excluding carboxylic acids is 1. The second-order valence-corrected chi connectivity index (χ2v) is 4.96. The van der Waals surface area contributed by atoms with Gasteiger partial charge in [0, 0.05) is 17.4 Å². The van der Waals surface area contributed by atoms with E-state index in [1.807, 2.05) is 32.0 Å². The zero-order valence-electron chi connectivity index (χ0n) is 12.3. The van der Waals surface area contributed by atoms with Crippen molar-refractivity contribution in [2.24, 2.45) is 0 Å². The molecule has 6 nitrogen and oxygen atoms in total. The normalized spacial score (nSPS) is 10.5. The number of para-hydroxylation sites is 1. The zero-order valence-corrected chi connectivity index (χ0v) is 12.3. The average Bonchev–Trinajstić information content (AvgIpc) is 3.05. The molecule has 3 aromatic rings. The van der Waals surface area contributed by atoms with E-state index in [-0.39, 0.29) is 5.91 Å². The van der Waals surface area contributed by atoms with Gasteiger partial charge in [0.2, 0.25) is 0 Å². The third-order valence-electron chi connectivity index (χ3n) is 3.38. The van der Waals surface area contributed by atoms with Gasteiger partial charge < -0.3 is 5.32 Å². The highest BCUT2D eigenvalue weighted by atomic mass is 16.1. The minimum atomic E-state index is -0.179. The van der Waals surface area contributed by atoms with E-state index >= 15 is 0 Å². The van der Waals surface area contributed by atoms with Crippen LogP contribution in [0.4, 0.5) is 5.69 Å². The number of pyridine rings is 1. The molecule has 0 aliphatic carbocycles. The van der Waals surface area contributed by atoms with Gasteiger partial charge in [-0.1, -0.05) is 18.2 Å². The maximum Gasteiger partial charge on any atom is 0.255 e. The highest BCUT2D eigenvalue weighted by Crippen LogP contribution is 2.20. The van der Waals surface area contributed by atoms with Gasteiger partial charge in [0.1, 0.15) is 12.7 Å².